The van der Waals surface area contributed by atoms with Gasteiger partial charge in [0.2, 0.25) is 12.2 Å². The maximum Gasteiger partial charge on any atom is 0.234 e. The topological polar surface area (TPSA) is 153 Å². The van der Waals surface area contributed by atoms with Crippen molar-refractivity contribution in [2.24, 2.45) is 0 Å². The van der Waals surface area contributed by atoms with Crippen molar-refractivity contribution in [2.45, 2.75) is 37.6 Å². The summed E-state index contributed by atoms with van der Waals surface area (Å²) < 4.78 is 10.7. The summed E-state index contributed by atoms with van der Waals surface area (Å²) in [4.78, 5) is 16.7. The van der Waals surface area contributed by atoms with Gasteiger partial charge < -0.3 is 29.9 Å². The van der Waals surface area contributed by atoms with E-state index in [0.29, 0.717) is 11.1 Å². The third-order valence-corrected chi connectivity index (χ3v) is 4.77. The summed E-state index contributed by atoms with van der Waals surface area (Å²) in [5, 5.41) is 48.6. The molecule has 0 amide bonds. The van der Waals surface area contributed by atoms with Crippen LogP contribution in [0.15, 0.2) is 36.5 Å². The number of pyridine rings is 1. The number of nitriles is 1. The lowest BCUT2D eigenvalue weighted by Crippen LogP contribution is -2.60. The van der Waals surface area contributed by atoms with Crippen LogP contribution in [0.3, 0.4) is 0 Å². The molecule has 0 radical (unpaired) electrons. The number of rotatable bonds is 5. The number of hydrogen-bond acceptors (Lipinski definition) is 9. The summed E-state index contributed by atoms with van der Waals surface area (Å²) in [7, 11) is 0. The highest BCUT2D eigenvalue weighted by atomic mass is 16.7. The van der Waals surface area contributed by atoms with Gasteiger partial charge in [0.05, 0.1) is 6.61 Å². The van der Waals surface area contributed by atoms with E-state index < -0.39 is 37.3 Å². The molecule has 29 heavy (non-hydrogen) atoms. The Kier molecular flexibility index (Phi) is 6.22. The van der Waals surface area contributed by atoms with Crippen LogP contribution in [0, 0.1) is 18.3 Å². The second-order valence-electron chi connectivity index (χ2n) is 6.60. The van der Waals surface area contributed by atoms with E-state index in [1.165, 1.54) is 6.20 Å². The number of benzene rings is 1. The fourth-order valence-corrected chi connectivity index (χ4v) is 3.05. The summed E-state index contributed by atoms with van der Waals surface area (Å²) in [5.41, 5.74) is 0.942. The Balaban J connectivity index is 1.90. The van der Waals surface area contributed by atoms with Crippen LogP contribution in [0.4, 0.5) is 0 Å². The average Bonchev–Trinajstić information content (AvgIpc) is 2.74. The molecule has 0 aliphatic carbocycles. The summed E-state index contributed by atoms with van der Waals surface area (Å²) in [5.74, 6) is -0.523. The Bertz CT molecular complexity index is 926. The minimum absolute atomic E-state index is 0.0382. The predicted octanol–water partition coefficient (Wildman–Crippen LogP) is -0.329. The SMILES string of the molecule is Cc1c(C(=O)c2ccccc2)cnc(O[C@@H]2O[C@H](CO)[C@H](O)[C@H](O)[C@H]2O)c1C#N. The number of hydrogen-bond donors (Lipinski definition) is 4. The normalized spacial score (nSPS) is 26.6. The first kappa shape index (κ1) is 20.9. The first-order chi connectivity index (χ1) is 13.9. The van der Waals surface area contributed by atoms with Crippen LogP contribution < -0.4 is 4.74 Å². The minimum Gasteiger partial charge on any atom is -0.444 e. The fraction of sp³-hybridized carbons (Fsp3) is 0.350. The monoisotopic (exact) mass is 400 g/mol. The maximum absolute atomic E-state index is 12.7. The first-order valence-electron chi connectivity index (χ1n) is 8.85. The Labute approximate surface area is 166 Å². The smallest absolute Gasteiger partial charge is 0.234 e. The van der Waals surface area contributed by atoms with Crippen LogP contribution in [-0.4, -0.2) is 68.5 Å². The number of aliphatic hydroxyl groups is 4. The van der Waals surface area contributed by atoms with Crippen LogP contribution in [-0.2, 0) is 4.74 Å². The molecule has 152 valence electrons. The van der Waals surface area contributed by atoms with E-state index in [2.05, 4.69) is 4.98 Å². The van der Waals surface area contributed by atoms with E-state index in [1.807, 2.05) is 6.07 Å². The largest absolute Gasteiger partial charge is 0.444 e. The van der Waals surface area contributed by atoms with Crippen molar-refractivity contribution in [3.05, 3.63) is 58.8 Å². The van der Waals surface area contributed by atoms with Crippen LogP contribution in [0.1, 0.15) is 27.0 Å². The molecule has 1 fully saturated rings. The zero-order chi connectivity index (χ0) is 21.1. The summed E-state index contributed by atoms with van der Waals surface area (Å²) in [6, 6.07) is 10.4. The van der Waals surface area contributed by atoms with Crippen molar-refractivity contribution in [2.75, 3.05) is 6.61 Å². The molecule has 3 rings (SSSR count). The maximum atomic E-state index is 12.7. The molecule has 9 nitrogen and oxygen atoms in total. The minimum atomic E-state index is -1.65. The van der Waals surface area contributed by atoms with E-state index in [1.54, 1.807) is 37.3 Å². The highest BCUT2D eigenvalue weighted by molar-refractivity contribution is 6.10. The second kappa shape index (κ2) is 8.65. The van der Waals surface area contributed by atoms with Gasteiger partial charge in [-0.25, -0.2) is 4.98 Å². The van der Waals surface area contributed by atoms with Gasteiger partial charge in [-0.2, -0.15) is 5.26 Å². The second-order valence-corrected chi connectivity index (χ2v) is 6.60. The zero-order valence-corrected chi connectivity index (χ0v) is 15.5. The van der Waals surface area contributed by atoms with E-state index in [9.17, 15) is 30.5 Å². The van der Waals surface area contributed by atoms with Crippen LogP contribution in [0.5, 0.6) is 5.88 Å². The quantitative estimate of drug-likeness (QED) is 0.494. The molecule has 2 aromatic rings. The zero-order valence-electron chi connectivity index (χ0n) is 15.5. The molecule has 4 N–H and O–H groups in total. The van der Waals surface area contributed by atoms with Gasteiger partial charge in [0.1, 0.15) is 36.0 Å². The Morgan fingerprint density at radius 1 is 1.21 bits per heavy atom. The molecule has 1 aliphatic heterocycles. The number of carbonyl (C=O) groups excluding carboxylic acids is 1. The summed E-state index contributed by atoms with van der Waals surface area (Å²) in [6.07, 6.45) is -6.20. The van der Waals surface area contributed by atoms with Crippen LogP contribution in [0.2, 0.25) is 0 Å². The molecule has 0 saturated carbocycles. The molecule has 0 unspecified atom stereocenters. The number of ether oxygens (including phenoxy) is 2. The van der Waals surface area contributed by atoms with Gasteiger partial charge in [-0.15, -0.1) is 0 Å². The van der Waals surface area contributed by atoms with E-state index >= 15 is 0 Å². The molecule has 1 aromatic carbocycles. The van der Waals surface area contributed by atoms with Gasteiger partial charge in [0.25, 0.3) is 0 Å². The number of ketones is 1. The first-order valence-corrected chi connectivity index (χ1v) is 8.85. The van der Waals surface area contributed by atoms with E-state index in [0.717, 1.165) is 0 Å². The van der Waals surface area contributed by atoms with Crippen molar-refractivity contribution in [1.82, 2.24) is 4.98 Å². The molecular formula is C20H20N2O7. The summed E-state index contributed by atoms with van der Waals surface area (Å²) >= 11 is 0. The fourth-order valence-electron chi connectivity index (χ4n) is 3.05. The number of nitrogens with zero attached hydrogens (tertiary/aromatic N) is 2. The molecule has 0 bridgehead atoms. The lowest BCUT2D eigenvalue weighted by molar-refractivity contribution is -0.278. The molecule has 1 aromatic heterocycles. The molecular weight excluding hydrogens is 380 g/mol. The van der Waals surface area contributed by atoms with Crippen molar-refractivity contribution in [1.29, 1.82) is 5.26 Å². The Morgan fingerprint density at radius 2 is 1.90 bits per heavy atom. The third kappa shape index (κ3) is 3.98. The predicted molar refractivity (Wildman–Crippen MR) is 98.0 cm³/mol. The summed E-state index contributed by atoms with van der Waals surface area (Å²) in [6.45, 7) is 0.948. The van der Waals surface area contributed by atoms with Gasteiger partial charge in [0, 0.05) is 17.3 Å². The van der Waals surface area contributed by atoms with E-state index in [-0.39, 0.29) is 22.8 Å². The lowest BCUT2D eigenvalue weighted by atomic mass is 9.98. The lowest BCUT2D eigenvalue weighted by Gasteiger charge is -2.39. The van der Waals surface area contributed by atoms with Crippen LogP contribution >= 0.6 is 0 Å². The van der Waals surface area contributed by atoms with Gasteiger partial charge in [-0.3, -0.25) is 4.79 Å². The van der Waals surface area contributed by atoms with Crippen molar-refractivity contribution < 1.29 is 34.7 Å². The third-order valence-electron chi connectivity index (χ3n) is 4.77. The Hall–Kier alpha value is -2.87. The Morgan fingerprint density at radius 3 is 2.52 bits per heavy atom. The number of aromatic nitrogens is 1. The average molecular weight is 400 g/mol. The highest BCUT2D eigenvalue weighted by Gasteiger charge is 2.45. The van der Waals surface area contributed by atoms with Gasteiger partial charge in [-0.05, 0) is 12.5 Å². The molecule has 1 aliphatic rings. The van der Waals surface area contributed by atoms with Gasteiger partial charge in [-0.1, -0.05) is 30.3 Å². The number of carbonyl (C=O) groups is 1. The molecule has 5 atom stereocenters. The van der Waals surface area contributed by atoms with Gasteiger partial charge in [0.15, 0.2) is 5.78 Å². The van der Waals surface area contributed by atoms with Crippen molar-refractivity contribution >= 4 is 5.78 Å². The van der Waals surface area contributed by atoms with Crippen LogP contribution in [0.25, 0.3) is 0 Å². The van der Waals surface area contributed by atoms with Gasteiger partial charge >= 0.3 is 0 Å². The molecule has 9 heteroatoms. The molecule has 2 heterocycles. The van der Waals surface area contributed by atoms with Crippen molar-refractivity contribution in [3.8, 4) is 11.9 Å². The molecule has 0 spiro atoms. The van der Waals surface area contributed by atoms with E-state index in [4.69, 9.17) is 9.47 Å². The standard InChI is InChI=1S/C20H20N2O7/c1-10-12(7-21)19(22-8-13(10)15(24)11-5-3-2-4-6-11)29-20-18(27)17(26)16(25)14(9-23)28-20/h2-6,8,14,16-18,20,23,25-27H,9H2,1H3/t14-,16+,17+,18-,20+/m1/s1. The highest BCUT2D eigenvalue weighted by Crippen LogP contribution is 2.28. The van der Waals surface area contributed by atoms with Crippen molar-refractivity contribution in [3.63, 3.8) is 0 Å². The number of aliphatic hydroxyl groups excluding tert-OH is 4. The molecule has 1 saturated heterocycles.